The number of rotatable bonds is 3. The molecule has 1 aromatic rings. The minimum atomic E-state index is -4.03. The lowest BCUT2D eigenvalue weighted by molar-refractivity contribution is -0.182. The molecular weight excluding hydrogens is 253 g/mol. The summed E-state index contributed by atoms with van der Waals surface area (Å²) in [5.74, 6) is -1.11. The number of aromatic nitrogens is 1. The van der Waals surface area contributed by atoms with Crippen LogP contribution in [0.1, 0.15) is 44.2 Å². The van der Waals surface area contributed by atoms with Crippen LogP contribution < -0.4 is 5.32 Å². The van der Waals surface area contributed by atoms with Gasteiger partial charge in [-0.1, -0.05) is 0 Å². The van der Waals surface area contributed by atoms with Crippen LogP contribution >= 0.6 is 0 Å². The molecule has 1 saturated carbocycles. The van der Waals surface area contributed by atoms with E-state index in [1.165, 1.54) is 0 Å². The van der Waals surface area contributed by atoms with Gasteiger partial charge in [-0.05, 0) is 50.3 Å². The van der Waals surface area contributed by atoms with Crippen LogP contribution in [0.5, 0.6) is 0 Å². The molecule has 5 heteroatoms. The molecule has 1 fully saturated rings. The summed E-state index contributed by atoms with van der Waals surface area (Å²) in [6, 6.07) is 4.19. The first-order valence-electron chi connectivity index (χ1n) is 6.69. The quantitative estimate of drug-likeness (QED) is 0.904. The molecule has 0 saturated heterocycles. The molecule has 0 spiro atoms. The molecule has 0 radical (unpaired) electrons. The largest absolute Gasteiger partial charge is 0.391 e. The lowest BCUT2D eigenvalue weighted by Crippen LogP contribution is -2.38. The second-order valence-electron chi connectivity index (χ2n) is 5.26. The third-order valence-corrected chi connectivity index (χ3v) is 3.88. The average Bonchev–Trinajstić information content (AvgIpc) is 2.39. The van der Waals surface area contributed by atoms with E-state index >= 15 is 0 Å². The van der Waals surface area contributed by atoms with E-state index in [0.717, 1.165) is 5.56 Å². The minimum absolute atomic E-state index is 0.149. The fourth-order valence-corrected chi connectivity index (χ4v) is 2.69. The van der Waals surface area contributed by atoms with E-state index in [1.54, 1.807) is 12.4 Å². The molecule has 0 aromatic carbocycles. The van der Waals surface area contributed by atoms with Gasteiger partial charge < -0.3 is 5.32 Å². The summed E-state index contributed by atoms with van der Waals surface area (Å²) in [4.78, 5) is 3.96. The summed E-state index contributed by atoms with van der Waals surface area (Å²) in [6.45, 7) is 2.03. The minimum Gasteiger partial charge on any atom is -0.307 e. The fourth-order valence-electron chi connectivity index (χ4n) is 2.69. The topological polar surface area (TPSA) is 24.9 Å². The van der Waals surface area contributed by atoms with Gasteiger partial charge in [0.1, 0.15) is 0 Å². The Labute approximate surface area is 111 Å². The van der Waals surface area contributed by atoms with Crippen molar-refractivity contribution in [2.24, 2.45) is 5.92 Å². The predicted octanol–water partition coefficient (Wildman–Crippen LogP) is 3.85. The van der Waals surface area contributed by atoms with Crippen LogP contribution in [-0.4, -0.2) is 17.2 Å². The first kappa shape index (κ1) is 14.3. The molecular formula is C14H19F3N2. The summed E-state index contributed by atoms with van der Waals surface area (Å²) in [6.07, 6.45) is 1.11. The van der Waals surface area contributed by atoms with Gasteiger partial charge in [0.25, 0.3) is 0 Å². The van der Waals surface area contributed by atoms with Crippen LogP contribution in [0, 0.1) is 5.92 Å². The Hall–Kier alpha value is -1.10. The molecule has 1 N–H and O–H groups in total. The first-order valence-corrected chi connectivity index (χ1v) is 6.69. The second kappa shape index (κ2) is 5.90. The lowest BCUT2D eigenvalue weighted by atomic mass is 9.85. The van der Waals surface area contributed by atoms with E-state index in [0.29, 0.717) is 12.8 Å². The molecule has 1 atom stereocenters. The zero-order valence-corrected chi connectivity index (χ0v) is 11.0. The summed E-state index contributed by atoms with van der Waals surface area (Å²) < 4.78 is 37.7. The van der Waals surface area contributed by atoms with Gasteiger partial charge in [0.15, 0.2) is 0 Å². The summed E-state index contributed by atoms with van der Waals surface area (Å²) >= 11 is 0. The van der Waals surface area contributed by atoms with Crippen LogP contribution in [0.4, 0.5) is 13.2 Å². The van der Waals surface area contributed by atoms with Gasteiger partial charge in [0.05, 0.1) is 5.92 Å². The van der Waals surface area contributed by atoms with Crippen molar-refractivity contribution in [3.8, 4) is 0 Å². The van der Waals surface area contributed by atoms with Gasteiger partial charge in [-0.2, -0.15) is 13.2 Å². The van der Waals surface area contributed by atoms with E-state index in [1.807, 2.05) is 19.1 Å². The van der Waals surface area contributed by atoms with E-state index < -0.39 is 12.1 Å². The molecule has 0 unspecified atom stereocenters. The lowest BCUT2D eigenvalue weighted by Gasteiger charge is -2.32. The smallest absolute Gasteiger partial charge is 0.307 e. The van der Waals surface area contributed by atoms with Crippen molar-refractivity contribution in [3.05, 3.63) is 30.1 Å². The van der Waals surface area contributed by atoms with Gasteiger partial charge in [-0.15, -0.1) is 0 Å². The van der Waals surface area contributed by atoms with Gasteiger partial charge in [-0.3, -0.25) is 4.98 Å². The Morgan fingerprint density at radius 3 is 2.26 bits per heavy atom. The maximum atomic E-state index is 12.6. The third-order valence-electron chi connectivity index (χ3n) is 3.88. The van der Waals surface area contributed by atoms with Crippen molar-refractivity contribution in [3.63, 3.8) is 0 Å². The molecule has 1 aliphatic rings. The zero-order valence-electron chi connectivity index (χ0n) is 11.0. The molecule has 0 bridgehead atoms. The molecule has 19 heavy (non-hydrogen) atoms. The van der Waals surface area contributed by atoms with Gasteiger partial charge in [0, 0.05) is 24.5 Å². The summed E-state index contributed by atoms with van der Waals surface area (Å²) in [7, 11) is 0. The van der Waals surface area contributed by atoms with E-state index in [2.05, 4.69) is 10.3 Å². The second-order valence-corrected chi connectivity index (χ2v) is 5.26. The van der Waals surface area contributed by atoms with Crippen molar-refractivity contribution in [2.45, 2.75) is 50.9 Å². The monoisotopic (exact) mass is 272 g/mol. The highest BCUT2D eigenvalue weighted by Crippen LogP contribution is 2.37. The van der Waals surface area contributed by atoms with Crippen LogP contribution in [-0.2, 0) is 0 Å². The third kappa shape index (κ3) is 3.93. The number of halogens is 3. The van der Waals surface area contributed by atoms with Crippen LogP contribution in [0.15, 0.2) is 24.5 Å². The Morgan fingerprint density at radius 1 is 1.16 bits per heavy atom. The Kier molecular flexibility index (Phi) is 4.45. The van der Waals surface area contributed by atoms with Crippen molar-refractivity contribution in [1.82, 2.24) is 10.3 Å². The Bertz CT molecular complexity index is 383. The van der Waals surface area contributed by atoms with E-state index in [4.69, 9.17) is 0 Å². The standard InChI is InChI=1S/C14H19F3N2/c1-10(11-6-8-18-9-7-11)19-13-4-2-12(3-5-13)14(15,16)17/h6-10,12-13,19H,2-5H2,1H3/t10-,12?,13?/m1/s1. The highest BCUT2D eigenvalue weighted by Gasteiger charge is 2.41. The molecule has 106 valence electrons. The molecule has 0 amide bonds. The summed E-state index contributed by atoms with van der Waals surface area (Å²) in [5, 5.41) is 3.41. The SMILES string of the molecule is C[C@@H](NC1CCC(C(F)(F)F)CC1)c1ccncc1. The maximum Gasteiger partial charge on any atom is 0.391 e. The number of hydrogen-bond acceptors (Lipinski definition) is 2. The molecule has 2 nitrogen and oxygen atoms in total. The van der Waals surface area contributed by atoms with E-state index in [-0.39, 0.29) is 24.9 Å². The van der Waals surface area contributed by atoms with Crippen LogP contribution in [0.3, 0.4) is 0 Å². The number of hydrogen-bond donors (Lipinski definition) is 1. The summed E-state index contributed by atoms with van der Waals surface area (Å²) in [5.41, 5.74) is 1.12. The van der Waals surface area contributed by atoms with E-state index in [9.17, 15) is 13.2 Å². The van der Waals surface area contributed by atoms with Crippen molar-refractivity contribution in [1.29, 1.82) is 0 Å². The average molecular weight is 272 g/mol. The number of alkyl halides is 3. The molecule has 1 aromatic heterocycles. The van der Waals surface area contributed by atoms with Crippen molar-refractivity contribution >= 4 is 0 Å². The number of nitrogens with one attached hydrogen (secondary N) is 1. The molecule has 1 aliphatic carbocycles. The van der Waals surface area contributed by atoms with Gasteiger partial charge in [-0.25, -0.2) is 0 Å². The fraction of sp³-hybridized carbons (Fsp3) is 0.643. The Balaban J connectivity index is 1.83. The van der Waals surface area contributed by atoms with Gasteiger partial charge >= 0.3 is 6.18 Å². The van der Waals surface area contributed by atoms with Crippen molar-refractivity contribution in [2.75, 3.05) is 0 Å². The maximum absolute atomic E-state index is 12.6. The molecule has 0 aliphatic heterocycles. The first-order chi connectivity index (χ1) is 8.97. The zero-order chi connectivity index (χ0) is 13.9. The van der Waals surface area contributed by atoms with Crippen molar-refractivity contribution < 1.29 is 13.2 Å². The Morgan fingerprint density at radius 2 is 1.74 bits per heavy atom. The molecule has 1 heterocycles. The van der Waals surface area contributed by atoms with Gasteiger partial charge in [0.2, 0.25) is 0 Å². The predicted molar refractivity (Wildman–Crippen MR) is 67.6 cm³/mol. The highest BCUT2D eigenvalue weighted by atomic mass is 19.4. The highest BCUT2D eigenvalue weighted by molar-refractivity contribution is 5.14. The van der Waals surface area contributed by atoms with Crippen LogP contribution in [0.2, 0.25) is 0 Å². The normalized spacial score (nSPS) is 26.1. The number of pyridine rings is 1. The number of nitrogens with zero attached hydrogens (tertiary/aromatic N) is 1. The van der Waals surface area contributed by atoms with Crippen LogP contribution in [0.25, 0.3) is 0 Å². The molecule has 2 rings (SSSR count).